The summed E-state index contributed by atoms with van der Waals surface area (Å²) in [5, 5.41) is 2.15. The van der Waals surface area contributed by atoms with Crippen molar-refractivity contribution in [3.63, 3.8) is 0 Å². The highest BCUT2D eigenvalue weighted by Gasteiger charge is 2.31. The van der Waals surface area contributed by atoms with Crippen molar-refractivity contribution in [2.24, 2.45) is 0 Å². The zero-order valence-corrected chi connectivity index (χ0v) is 16.2. The largest absolute Gasteiger partial charge is 0.573 e. The number of nitrogens with one attached hydrogen (secondary N) is 3. The highest BCUT2D eigenvalue weighted by atomic mass is 19.4. The number of benzene rings is 3. The Morgan fingerprint density at radius 3 is 2.42 bits per heavy atom. The molecule has 1 amide bonds. The molecule has 33 heavy (non-hydrogen) atoms. The van der Waals surface area contributed by atoms with Crippen molar-refractivity contribution in [3.05, 3.63) is 82.3 Å². The van der Waals surface area contributed by atoms with Gasteiger partial charge >= 0.3 is 12.1 Å². The molecule has 0 bridgehead atoms. The number of H-pyrrole nitrogens is 2. The van der Waals surface area contributed by atoms with Crippen LogP contribution in [0.1, 0.15) is 10.4 Å². The van der Waals surface area contributed by atoms with Gasteiger partial charge in [0, 0.05) is 17.7 Å². The number of aromatic nitrogens is 2. The van der Waals surface area contributed by atoms with E-state index in [1.807, 2.05) is 0 Å². The van der Waals surface area contributed by atoms with Gasteiger partial charge in [-0.3, -0.25) is 4.79 Å². The summed E-state index contributed by atoms with van der Waals surface area (Å²) in [6.45, 7) is 0. The number of carbonyl (C=O) groups excluding carboxylic acids is 1. The summed E-state index contributed by atoms with van der Waals surface area (Å²) in [6, 6.07) is 9.98. The number of halogens is 5. The minimum absolute atomic E-state index is 0.0469. The number of carbonyl (C=O) groups is 1. The number of ether oxygens (including phenoxy) is 2. The van der Waals surface area contributed by atoms with Crippen LogP contribution in [0.2, 0.25) is 0 Å². The normalized spacial score (nSPS) is 11.4. The maximum atomic E-state index is 14.3. The number of imidazole rings is 1. The molecule has 0 fully saturated rings. The highest BCUT2D eigenvalue weighted by Crippen LogP contribution is 2.32. The van der Waals surface area contributed by atoms with Crippen LogP contribution in [0.3, 0.4) is 0 Å². The lowest BCUT2D eigenvalue weighted by molar-refractivity contribution is -0.274. The van der Waals surface area contributed by atoms with Gasteiger partial charge in [0.1, 0.15) is 17.1 Å². The van der Waals surface area contributed by atoms with Crippen LogP contribution in [-0.4, -0.2) is 22.2 Å². The molecule has 170 valence electrons. The van der Waals surface area contributed by atoms with E-state index in [0.717, 1.165) is 24.3 Å². The summed E-state index contributed by atoms with van der Waals surface area (Å²) in [5.41, 5.74) is -0.663. The van der Waals surface area contributed by atoms with E-state index >= 15 is 0 Å². The van der Waals surface area contributed by atoms with Gasteiger partial charge in [0.25, 0.3) is 5.91 Å². The Morgan fingerprint density at radius 2 is 1.67 bits per heavy atom. The first-order valence-corrected chi connectivity index (χ1v) is 9.14. The quantitative estimate of drug-likeness (QED) is 0.359. The van der Waals surface area contributed by atoms with Gasteiger partial charge in [0.05, 0.1) is 11.2 Å². The zero-order chi connectivity index (χ0) is 23.8. The van der Waals surface area contributed by atoms with Crippen LogP contribution in [0, 0.1) is 11.6 Å². The third-order valence-corrected chi connectivity index (χ3v) is 4.33. The number of alkyl halides is 3. The van der Waals surface area contributed by atoms with Crippen LogP contribution in [0.5, 0.6) is 17.2 Å². The van der Waals surface area contributed by atoms with Crippen molar-refractivity contribution in [1.29, 1.82) is 0 Å². The molecule has 4 rings (SSSR count). The summed E-state index contributed by atoms with van der Waals surface area (Å²) < 4.78 is 75.0. The molecule has 3 aromatic carbocycles. The maximum Gasteiger partial charge on any atom is 0.573 e. The molecule has 0 aliphatic carbocycles. The van der Waals surface area contributed by atoms with Crippen molar-refractivity contribution in [2.75, 3.05) is 5.32 Å². The molecular weight excluding hydrogens is 453 g/mol. The Kier molecular flexibility index (Phi) is 5.50. The Bertz CT molecular complexity index is 1410. The van der Waals surface area contributed by atoms with Crippen LogP contribution in [0.25, 0.3) is 11.0 Å². The molecule has 0 saturated carbocycles. The number of anilines is 1. The van der Waals surface area contributed by atoms with Crippen molar-refractivity contribution in [3.8, 4) is 17.2 Å². The second-order valence-corrected chi connectivity index (χ2v) is 6.65. The van der Waals surface area contributed by atoms with E-state index in [2.05, 4.69) is 20.0 Å². The third-order valence-electron chi connectivity index (χ3n) is 4.33. The lowest BCUT2D eigenvalue weighted by Gasteiger charge is -2.12. The minimum atomic E-state index is -4.96. The Labute approximate surface area is 180 Å². The van der Waals surface area contributed by atoms with Crippen LogP contribution >= 0.6 is 0 Å². The number of para-hydroxylation sites is 1. The molecule has 0 aliphatic rings. The summed E-state index contributed by atoms with van der Waals surface area (Å²) in [6.07, 6.45) is -4.96. The SMILES string of the molecule is O=C(Nc1cc(Oc2cccc3[nH]c(=O)[nH]c23)c(F)cc1F)c1cccc(OC(F)(F)F)c1. The van der Waals surface area contributed by atoms with Crippen LogP contribution in [-0.2, 0) is 0 Å². The molecule has 0 atom stereocenters. The third kappa shape index (κ3) is 4.95. The van der Waals surface area contributed by atoms with Gasteiger partial charge in [-0.2, -0.15) is 0 Å². The topological polar surface area (TPSA) is 96.2 Å². The fourth-order valence-corrected chi connectivity index (χ4v) is 2.97. The van der Waals surface area contributed by atoms with Gasteiger partial charge in [-0.1, -0.05) is 12.1 Å². The summed E-state index contributed by atoms with van der Waals surface area (Å²) in [4.78, 5) is 28.9. The maximum absolute atomic E-state index is 14.3. The second kappa shape index (κ2) is 8.30. The zero-order valence-electron chi connectivity index (χ0n) is 16.2. The van der Waals surface area contributed by atoms with Crippen molar-refractivity contribution in [1.82, 2.24) is 9.97 Å². The molecule has 1 heterocycles. The predicted octanol–water partition coefficient (Wildman–Crippen LogP) is 5.08. The van der Waals surface area contributed by atoms with Crippen molar-refractivity contribution in [2.45, 2.75) is 6.36 Å². The van der Waals surface area contributed by atoms with Gasteiger partial charge in [-0.15, -0.1) is 13.2 Å². The van der Waals surface area contributed by atoms with E-state index in [9.17, 15) is 31.5 Å². The summed E-state index contributed by atoms with van der Waals surface area (Å²) in [5.74, 6) is -4.30. The number of hydrogen-bond acceptors (Lipinski definition) is 4. The Morgan fingerprint density at radius 1 is 0.909 bits per heavy atom. The molecular formula is C21H12F5N3O4. The van der Waals surface area contributed by atoms with Gasteiger partial charge in [0.2, 0.25) is 0 Å². The lowest BCUT2D eigenvalue weighted by Crippen LogP contribution is -2.18. The molecule has 12 heteroatoms. The van der Waals surface area contributed by atoms with E-state index in [4.69, 9.17) is 4.74 Å². The van der Waals surface area contributed by atoms with Gasteiger partial charge < -0.3 is 24.8 Å². The van der Waals surface area contributed by atoms with Crippen LogP contribution < -0.4 is 20.5 Å². The molecule has 4 aromatic rings. The summed E-state index contributed by atoms with van der Waals surface area (Å²) in [7, 11) is 0. The Hall–Kier alpha value is -4.35. The second-order valence-electron chi connectivity index (χ2n) is 6.65. The van der Waals surface area contributed by atoms with Gasteiger partial charge in [-0.05, 0) is 30.3 Å². The van der Waals surface area contributed by atoms with E-state index in [-0.39, 0.29) is 16.8 Å². The first kappa shape index (κ1) is 21.9. The van der Waals surface area contributed by atoms with Crippen molar-refractivity contribution >= 4 is 22.6 Å². The molecule has 0 saturated heterocycles. The summed E-state index contributed by atoms with van der Waals surface area (Å²) >= 11 is 0. The smallest absolute Gasteiger partial charge is 0.452 e. The number of rotatable bonds is 5. The van der Waals surface area contributed by atoms with E-state index in [0.29, 0.717) is 11.6 Å². The van der Waals surface area contributed by atoms with E-state index < -0.39 is 46.8 Å². The van der Waals surface area contributed by atoms with Crippen LogP contribution in [0.4, 0.5) is 27.6 Å². The monoisotopic (exact) mass is 465 g/mol. The first-order valence-electron chi connectivity index (χ1n) is 9.14. The van der Waals surface area contributed by atoms with Crippen molar-refractivity contribution < 1.29 is 36.2 Å². The first-order chi connectivity index (χ1) is 15.6. The molecule has 1 aromatic heterocycles. The van der Waals surface area contributed by atoms with E-state index in [1.165, 1.54) is 18.2 Å². The predicted molar refractivity (Wildman–Crippen MR) is 106 cm³/mol. The lowest BCUT2D eigenvalue weighted by atomic mass is 10.2. The minimum Gasteiger partial charge on any atom is -0.452 e. The number of fused-ring (bicyclic) bond motifs is 1. The van der Waals surface area contributed by atoms with Gasteiger partial charge in [-0.25, -0.2) is 13.6 Å². The van der Waals surface area contributed by atoms with E-state index in [1.54, 1.807) is 6.07 Å². The highest BCUT2D eigenvalue weighted by molar-refractivity contribution is 6.04. The molecule has 3 N–H and O–H groups in total. The fourth-order valence-electron chi connectivity index (χ4n) is 2.97. The molecule has 0 spiro atoms. The standard InChI is InChI=1S/C21H12F5N3O4/c22-12-8-13(23)17(32-16-6-2-5-14-18(16)29-20(31)28-14)9-15(12)27-19(30)10-3-1-4-11(7-10)33-21(24,25)26/h1-9H,(H,27,30)(H2,28,29,31). The van der Waals surface area contributed by atoms with Gasteiger partial charge in [0.15, 0.2) is 17.3 Å². The molecule has 0 unspecified atom stereocenters. The number of aromatic amines is 2. The molecule has 0 radical (unpaired) electrons. The van der Waals surface area contributed by atoms with Crippen LogP contribution in [0.15, 0.2) is 59.4 Å². The Balaban J connectivity index is 1.60. The number of hydrogen-bond donors (Lipinski definition) is 3. The average molecular weight is 465 g/mol. The number of amides is 1. The fraction of sp³-hybridized carbons (Fsp3) is 0.0476. The molecule has 0 aliphatic heterocycles. The average Bonchev–Trinajstić information content (AvgIpc) is 3.11. The molecule has 7 nitrogen and oxygen atoms in total.